The van der Waals surface area contributed by atoms with Gasteiger partial charge >= 0.3 is 0 Å². The molecule has 0 amide bonds. The Bertz CT molecular complexity index is 390. The Hall–Kier alpha value is -1.26. The van der Waals surface area contributed by atoms with Crippen LogP contribution in [-0.2, 0) is 4.74 Å². The van der Waals surface area contributed by atoms with Crippen molar-refractivity contribution < 1.29 is 14.2 Å². The topological polar surface area (TPSA) is 39.7 Å². The second-order valence-corrected chi connectivity index (χ2v) is 4.89. The highest BCUT2D eigenvalue weighted by Crippen LogP contribution is 2.30. The van der Waals surface area contributed by atoms with Gasteiger partial charge in [-0.3, -0.25) is 0 Å². The first-order valence-corrected chi connectivity index (χ1v) is 6.59. The van der Waals surface area contributed by atoms with Gasteiger partial charge in [0, 0.05) is 19.7 Å². The van der Waals surface area contributed by atoms with Crippen LogP contribution in [0.2, 0.25) is 0 Å². The predicted octanol–water partition coefficient (Wildman–Crippen LogP) is 1.45. The fraction of sp³-hybridized carbons (Fsp3) is 0.571. The van der Waals surface area contributed by atoms with Crippen LogP contribution < -0.4 is 14.8 Å². The molecule has 2 atom stereocenters. The monoisotopic (exact) mass is 249 g/mol. The van der Waals surface area contributed by atoms with E-state index in [1.54, 1.807) is 0 Å². The molecule has 18 heavy (non-hydrogen) atoms. The van der Waals surface area contributed by atoms with Crippen LogP contribution in [0.25, 0.3) is 0 Å². The van der Waals surface area contributed by atoms with E-state index in [2.05, 4.69) is 5.32 Å². The molecule has 98 valence electrons. The molecule has 1 N–H and O–H groups in total. The van der Waals surface area contributed by atoms with E-state index in [1.807, 2.05) is 24.3 Å². The lowest BCUT2D eigenvalue weighted by atomic mass is 10.1. The first-order chi connectivity index (χ1) is 8.92. The molecule has 1 aromatic carbocycles. The Balaban J connectivity index is 1.44. The van der Waals surface area contributed by atoms with Crippen molar-refractivity contribution in [2.24, 2.45) is 5.92 Å². The predicted molar refractivity (Wildman–Crippen MR) is 68.1 cm³/mol. The van der Waals surface area contributed by atoms with Crippen LogP contribution >= 0.6 is 0 Å². The minimum Gasteiger partial charge on any atom is -0.486 e. The minimum atomic E-state index is 0.0993. The fourth-order valence-corrected chi connectivity index (χ4v) is 2.36. The number of ether oxygens (including phenoxy) is 3. The van der Waals surface area contributed by atoms with Crippen LogP contribution in [0.5, 0.6) is 11.5 Å². The summed E-state index contributed by atoms with van der Waals surface area (Å²) in [6, 6.07) is 7.82. The zero-order valence-electron chi connectivity index (χ0n) is 10.4. The van der Waals surface area contributed by atoms with Gasteiger partial charge in [0.2, 0.25) is 0 Å². The first-order valence-electron chi connectivity index (χ1n) is 6.59. The Kier molecular flexibility index (Phi) is 3.67. The van der Waals surface area contributed by atoms with Crippen LogP contribution in [0, 0.1) is 5.92 Å². The molecule has 0 aromatic heterocycles. The second-order valence-electron chi connectivity index (χ2n) is 4.89. The zero-order valence-corrected chi connectivity index (χ0v) is 10.4. The van der Waals surface area contributed by atoms with Gasteiger partial charge in [0.15, 0.2) is 11.5 Å². The highest BCUT2D eigenvalue weighted by molar-refractivity contribution is 5.40. The summed E-state index contributed by atoms with van der Waals surface area (Å²) in [6.07, 6.45) is 1.26. The number of hydrogen-bond acceptors (Lipinski definition) is 4. The van der Waals surface area contributed by atoms with Crippen LogP contribution in [0.3, 0.4) is 0 Å². The molecule has 0 radical (unpaired) electrons. The van der Waals surface area contributed by atoms with E-state index in [4.69, 9.17) is 14.2 Å². The molecule has 0 saturated carbocycles. The lowest BCUT2D eigenvalue weighted by Crippen LogP contribution is -2.40. The molecule has 2 unspecified atom stereocenters. The normalized spacial score (nSPS) is 26.2. The summed E-state index contributed by atoms with van der Waals surface area (Å²) >= 11 is 0. The summed E-state index contributed by atoms with van der Waals surface area (Å²) in [5.74, 6) is 2.35. The van der Waals surface area contributed by atoms with Gasteiger partial charge in [-0.1, -0.05) is 12.1 Å². The van der Waals surface area contributed by atoms with Crippen molar-refractivity contribution in [2.45, 2.75) is 12.5 Å². The minimum absolute atomic E-state index is 0.0993. The molecule has 4 nitrogen and oxygen atoms in total. The molecule has 0 bridgehead atoms. The van der Waals surface area contributed by atoms with E-state index < -0.39 is 0 Å². The number of hydrogen-bond donors (Lipinski definition) is 1. The molecule has 1 saturated heterocycles. The molecule has 0 spiro atoms. The SMILES string of the molecule is c1ccc2c(c1)OCC(CNCC1CCOC1)O2. The van der Waals surface area contributed by atoms with Gasteiger partial charge in [0.25, 0.3) is 0 Å². The zero-order chi connectivity index (χ0) is 12.2. The molecule has 1 fully saturated rings. The summed E-state index contributed by atoms with van der Waals surface area (Å²) in [6.45, 7) is 4.23. The second kappa shape index (κ2) is 5.59. The van der Waals surface area contributed by atoms with Crippen molar-refractivity contribution in [1.29, 1.82) is 0 Å². The molecule has 4 heteroatoms. The van der Waals surface area contributed by atoms with Crippen LogP contribution in [0.15, 0.2) is 24.3 Å². The molecule has 2 heterocycles. The largest absolute Gasteiger partial charge is 0.486 e. The molecular weight excluding hydrogens is 230 g/mol. The van der Waals surface area contributed by atoms with Crippen molar-refractivity contribution in [3.05, 3.63) is 24.3 Å². The van der Waals surface area contributed by atoms with Gasteiger partial charge in [0.05, 0.1) is 6.61 Å². The summed E-state index contributed by atoms with van der Waals surface area (Å²) in [5, 5.41) is 3.44. The van der Waals surface area contributed by atoms with Gasteiger partial charge in [-0.2, -0.15) is 0 Å². The Morgan fingerprint density at radius 3 is 2.83 bits per heavy atom. The number of nitrogens with one attached hydrogen (secondary N) is 1. The highest BCUT2D eigenvalue weighted by Gasteiger charge is 2.21. The van der Waals surface area contributed by atoms with Gasteiger partial charge < -0.3 is 19.5 Å². The molecule has 0 aliphatic carbocycles. The van der Waals surface area contributed by atoms with Gasteiger partial charge in [0.1, 0.15) is 12.7 Å². The fourth-order valence-electron chi connectivity index (χ4n) is 2.36. The molecule has 3 rings (SSSR count). The standard InChI is InChI=1S/C14H19NO3/c1-2-4-14-13(3-1)17-10-12(18-14)8-15-7-11-5-6-16-9-11/h1-4,11-12,15H,5-10H2. The number of benzene rings is 1. The summed E-state index contributed by atoms with van der Waals surface area (Å²) in [7, 11) is 0. The van der Waals surface area contributed by atoms with Crippen molar-refractivity contribution >= 4 is 0 Å². The number of fused-ring (bicyclic) bond motifs is 1. The third-order valence-electron chi connectivity index (χ3n) is 3.40. The number of para-hydroxylation sites is 2. The van der Waals surface area contributed by atoms with Gasteiger partial charge in [-0.25, -0.2) is 0 Å². The van der Waals surface area contributed by atoms with Crippen molar-refractivity contribution in [3.8, 4) is 11.5 Å². The highest BCUT2D eigenvalue weighted by atomic mass is 16.6. The van der Waals surface area contributed by atoms with Crippen LogP contribution in [0.1, 0.15) is 6.42 Å². The summed E-state index contributed by atoms with van der Waals surface area (Å²) in [4.78, 5) is 0. The molecule has 2 aliphatic heterocycles. The average molecular weight is 249 g/mol. The molecular formula is C14H19NO3. The maximum absolute atomic E-state index is 5.88. The lowest BCUT2D eigenvalue weighted by Gasteiger charge is -2.26. The number of rotatable bonds is 4. The molecule has 2 aliphatic rings. The maximum atomic E-state index is 5.88. The van der Waals surface area contributed by atoms with Crippen LogP contribution in [0.4, 0.5) is 0 Å². The van der Waals surface area contributed by atoms with E-state index >= 15 is 0 Å². The van der Waals surface area contributed by atoms with Crippen LogP contribution in [-0.4, -0.2) is 39.0 Å². The Morgan fingerprint density at radius 2 is 2.00 bits per heavy atom. The van der Waals surface area contributed by atoms with Crippen molar-refractivity contribution in [2.75, 3.05) is 32.9 Å². The van der Waals surface area contributed by atoms with Gasteiger partial charge in [-0.15, -0.1) is 0 Å². The van der Waals surface area contributed by atoms with E-state index in [0.717, 1.165) is 44.2 Å². The summed E-state index contributed by atoms with van der Waals surface area (Å²) < 4.78 is 16.9. The quantitative estimate of drug-likeness (QED) is 0.877. The Labute approximate surface area is 107 Å². The molecule has 1 aromatic rings. The van der Waals surface area contributed by atoms with E-state index in [-0.39, 0.29) is 6.10 Å². The smallest absolute Gasteiger partial charge is 0.161 e. The van der Waals surface area contributed by atoms with Crippen molar-refractivity contribution in [1.82, 2.24) is 5.32 Å². The van der Waals surface area contributed by atoms with Crippen molar-refractivity contribution in [3.63, 3.8) is 0 Å². The van der Waals surface area contributed by atoms with E-state index in [1.165, 1.54) is 0 Å². The van der Waals surface area contributed by atoms with E-state index in [0.29, 0.717) is 12.5 Å². The maximum Gasteiger partial charge on any atom is 0.161 e. The first kappa shape index (κ1) is 11.8. The third kappa shape index (κ3) is 2.76. The average Bonchev–Trinajstić information content (AvgIpc) is 2.92. The third-order valence-corrected chi connectivity index (χ3v) is 3.40. The van der Waals surface area contributed by atoms with Gasteiger partial charge in [-0.05, 0) is 24.5 Å². The lowest BCUT2D eigenvalue weighted by molar-refractivity contribution is 0.0894. The summed E-state index contributed by atoms with van der Waals surface area (Å²) in [5.41, 5.74) is 0. The van der Waals surface area contributed by atoms with E-state index in [9.17, 15) is 0 Å². The Morgan fingerprint density at radius 1 is 1.11 bits per heavy atom.